The summed E-state index contributed by atoms with van der Waals surface area (Å²) in [7, 11) is 0. The quantitative estimate of drug-likeness (QED) is 0.672. The second-order valence-corrected chi connectivity index (χ2v) is 6.37. The van der Waals surface area contributed by atoms with Gasteiger partial charge in [-0.2, -0.15) is 13.2 Å². The number of para-hydroxylation sites is 1. The van der Waals surface area contributed by atoms with Crippen molar-refractivity contribution in [1.82, 2.24) is 24.9 Å². The van der Waals surface area contributed by atoms with Crippen LogP contribution in [0.5, 0.6) is 0 Å². The maximum atomic E-state index is 13.3. The highest BCUT2D eigenvalue weighted by Gasteiger charge is 2.33. The molecule has 2 aromatic heterocycles. The number of carbonyl (C=O) groups excluding carboxylic acids is 1. The topological polar surface area (TPSA) is 73.1 Å². The molecule has 7 nitrogen and oxygen atoms in total. The molecular formula is C18H16F3N5O2. The Hall–Kier alpha value is -3.01. The van der Waals surface area contributed by atoms with Crippen LogP contribution >= 0.6 is 0 Å². The number of halogens is 3. The van der Waals surface area contributed by atoms with Gasteiger partial charge in [-0.25, -0.2) is 4.68 Å². The van der Waals surface area contributed by atoms with Gasteiger partial charge < -0.3 is 9.64 Å². The third-order valence-electron chi connectivity index (χ3n) is 4.68. The first kappa shape index (κ1) is 18.4. The summed E-state index contributed by atoms with van der Waals surface area (Å²) in [4.78, 5) is 18.2. The zero-order valence-electron chi connectivity index (χ0n) is 14.9. The van der Waals surface area contributed by atoms with Crippen LogP contribution in [0.2, 0.25) is 0 Å². The number of morpholine rings is 1. The van der Waals surface area contributed by atoms with E-state index in [1.54, 1.807) is 17.9 Å². The Kier molecular flexibility index (Phi) is 4.50. The summed E-state index contributed by atoms with van der Waals surface area (Å²) in [6, 6.07) is 5.40. The van der Waals surface area contributed by atoms with Crippen molar-refractivity contribution < 1.29 is 22.7 Å². The van der Waals surface area contributed by atoms with Crippen molar-refractivity contribution >= 4 is 16.8 Å². The fraction of sp³-hybridized carbons (Fsp3) is 0.333. The number of hydrogen-bond acceptors (Lipinski definition) is 5. The summed E-state index contributed by atoms with van der Waals surface area (Å²) in [5.41, 5.74) is -0.0138. The van der Waals surface area contributed by atoms with E-state index >= 15 is 0 Å². The monoisotopic (exact) mass is 391 g/mol. The van der Waals surface area contributed by atoms with Gasteiger partial charge >= 0.3 is 6.18 Å². The molecule has 10 heteroatoms. The van der Waals surface area contributed by atoms with Crippen molar-refractivity contribution in [3.8, 4) is 5.69 Å². The van der Waals surface area contributed by atoms with E-state index in [-0.39, 0.29) is 22.5 Å². The number of aromatic nitrogens is 4. The first-order chi connectivity index (χ1) is 13.4. The molecule has 0 radical (unpaired) electrons. The third-order valence-corrected chi connectivity index (χ3v) is 4.68. The first-order valence-electron chi connectivity index (χ1n) is 8.62. The van der Waals surface area contributed by atoms with E-state index in [1.165, 1.54) is 23.0 Å². The van der Waals surface area contributed by atoms with Crippen LogP contribution < -0.4 is 0 Å². The number of rotatable bonds is 2. The fourth-order valence-electron chi connectivity index (χ4n) is 3.25. The van der Waals surface area contributed by atoms with E-state index in [9.17, 15) is 18.0 Å². The van der Waals surface area contributed by atoms with E-state index in [0.717, 1.165) is 6.07 Å². The van der Waals surface area contributed by atoms with Gasteiger partial charge in [-0.3, -0.25) is 9.78 Å². The number of hydrogen-bond donors (Lipinski definition) is 0. The lowest BCUT2D eigenvalue weighted by Gasteiger charge is -2.26. The second kappa shape index (κ2) is 6.86. The molecule has 3 aromatic rings. The van der Waals surface area contributed by atoms with Gasteiger partial charge in [0.2, 0.25) is 0 Å². The Bertz CT molecular complexity index is 1040. The molecule has 1 aliphatic rings. The number of amides is 1. The predicted octanol–water partition coefficient (Wildman–Crippen LogP) is 2.62. The molecule has 1 saturated heterocycles. The number of carbonyl (C=O) groups is 1. The number of benzene rings is 1. The standard InChI is InChI=1S/C18H16F3N5O2/c1-11-15(17(27)25-7-9-28-10-8-25)23-24-26(11)14-5-6-22-16-12(14)3-2-4-13(16)18(19,20)21/h2-6H,7-10H2,1H3. The van der Waals surface area contributed by atoms with Crippen LogP contribution in [0, 0.1) is 6.92 Å². The molecule has 3 heterocycles. The number of pyridine rings is 1. The predicted molar refractivity (Wildman–Crippen MR) is 93.1 cm³/mol. The highest BCUT2D eigenvalue weighted by molar-refractivity contribution is 5.94. The molecule has 0 saturated carbocycles. The van der Waals surface area contributed by atoms with Gasteiger partial charge in [0.1, 0.15) is 0 Å². The maximum absolute atomic E-state index is 13.3. The zero-order chi connectivity index (χ0) is 19.9. The van der Waals surface area contributed by atoms with Gasteiger partial charge in [0, 0.05) is 24.7 Å². The van der Waals surface area contributed by atoms with Crippen molar-refractivity contribution in [2.75, 3.05) is 26.3 Å². The number of nitrogens with zero attached hydrogens (tertiary/aromatic N) is 5. The smallest absolute Gasteiger partial charge is 0.378 e. The van der Waals surface area contributed by atoms with Gasteiger partial charge in [0.25, 0.3) is 5.91 Å². The average molecular weight is 391 g/mol. The summed E-state index contributed by atoms with van der Waals surface area (Å²) in [5.74, 6) is -0.276. The minimum atomic E-state index is -4.53. The summed E-state index contributed by atoms with van der Waals surface area (Å²) < 4.78 is 46.6. The maximum Gasteiger partial charge on any atom is 0.418 e. The van der Waals surface area contributed by atoms with E-state index < -0.39 is 11.7 Å². The molecule has 28 heavy (non-hydrogen) atoms. The van der Waals surface area contributed by atoms with E-state index in [1.807, 2.05) is 0 Å². The molecule has 0 N–H and O–H groups in total. The Morgan fingerprint density at radius 2 is 1.93 bits per heavy atom. The van der Waals surface area contributed by atoms with Gasteiger partial charge in [0.05, 0.1) is 35.7 Å². The van der Waals surface area contributed by atoms with Crippen LogP contribution in [-0.2, 0) is 10.9 Å². The van der Waals surface area contributed by atoms with Gasteiger partial charge in [-0.15, -0.1) is 5.10 Å². The summed E-state index contributed by atoms with van der Waals surface area (Å²) in [6.45, 7) is 3.48. The van der Waals surface area contributed by atoms with Crippen molar-refractivity contribution in [2.45, 2.75) is 13.1 Å². The van der Waals surface area contributed by atoms with E-state index in [2.05, 4.69) is 15.3 Å². The largest absolute Gasteiger partial charge is 0.418 e. The summed E-state index contributed by atoms with van der Waals surface area (Å²) in [5, 5.41) is 8.28. The van der Waals surface area contributed by atoms with Crippen LogP contribution in [0.15, 0.2) is 30.5 Å². The Morgan fingerprint density at radius 3 is 2.64 bits per heavy atom. The van der Waals surface area contributed by atoms with Gasteiger partial charge in [-0.05, 0) is 19.1 Å². The van der Waals surface area contributed by atoms with E-state index in [0.29, 0.717) is 37.7 Å². The number of fused-ring (bicyclic) bond motifs is 1. The van der Waals surface area contributed by atoms with E-state index in [4.69, 9.17) is 4.74 Å². The minimum Gasteiger partial charge on any atom is -0.378 e. The second-order valence-electron chi connectivity index (χ2n) is 6.37. The van der Waals surface area contributed by atoms with Crippen molar-refractivity contribution in [3.05, 3.63) is 47.4 Å². The Balaban J connectivity index is 1.79. The highest BCUT2D eigenvalue weighted by Crippen LogP contribution is 2.35. The minimum absolute atomic E-state index is 0.166. The molecule has 0 bridgehead atoms. The van der Waals surface area contributed by atoms with Crippen LogP contribution in [-0.4, -0.2) is 57.1 Å². The lowest BCUT2D eigenvalue weighted by molar-refractivity contribution is -0.136. The summed E-state index contributed by atoms with van der Waals surface area (Å²) >= 11 is 0. The SMILES string of the molecule is Cc1c(C(=O)N2CCOCC2)nnn1-c1ccnc2c(C(F)(F)F)cccc12. The molecule has 1 fully saturated rings. The average Bonchev–Trinajstić information content (AvgIpc) is 3.07. The Labute approximate surface area is 157 Å². The van der Waals surface area contributed by atoms with Crippen LogP contribution in [0.4, 0.5) is 13.2 Å². The Morgan fingerprint density at radius 1 is 1.18 bits per heavy atom. The highest BCUT2D eigenvalue weighted by atomic mass is 19.4. The molecule has 1 aromatic carbocycles. The molecule has 1 amide bonds. The number of ether oxygens (including phenoxy) is 1. The molecule has 0 aliphatic carbocycles. The van der Waals surface area contributed by atoms with Crippen LogP contribution in [0.3, 0.4) is 0 Å². The normalized spacial score (nSPS) is 15.2. The first-order valence-corrected chi connectivity index (χ1v) is 8.62. The molecule has 146 valence electrons. The lowest BCUT2D eigenvalue weighted by Crippen LogP contribution is -2.41. The van der Waals surface area contributed by atoms with Crippen molar-refractivity contribution in [2.24, 2.45) is 0 Å². The van der Waals surface area contributed by atoms with Gasteiger partial charge in [-0.1, -0.05) is 17.3 Å². The zero-order valence-corrected chi connectivity index (χ0v) is 14.9. The van der Waals surface area contributed by atoms with Crippen LogP contribution in [0.1, 0.15) is 21.7 Å². The molecule has 0 unspecified atom stereocenters. The molecule has 0 atom stereocenters. The molecule has 4 rings (SSSR count). The molecule has 1 aliphatic heterocycles. The fourth-order valence-corrected chi connectivity index (χ4v) is 3.25. The van der Waals surface area contributed by atoms with Crippen molar-refractivity contribution in [1.29, 1.82) is 0 Å². The molecular weight excluding hydrogens is 375 g/mol. The number of alkyl halides is 3. The third kappa shape index (κ3) is 3.09. The molecule has 0 spiro atoms. The van der Waals surface area contributed by atoms with Gasteiger partial charge in [0.15, 0.2) is 5.69 Å². The summed E-state index contributed by atoms with van der Waals surface area (Å²) in [6.07, 6.45) is -3.24. The lowest BCUT2D eigenvalue weighted by atomic mass is 10.1. The van der Waals surface area contributed by atoms with Crippen LogP contribution in [0.25, 0.3) is 16.6 Å². The van der Waals surface area contributed by atoms with Crippen molar-refractivity contribution in [3.63, 3.8) is 0 Å².